The number of nitrogens with zero attached hydrogens (tertiary/aromatic N) is 1. The molecule has 5 rings (SSSR count). The van der Waals surface area contributed by atoms with E-state index < -0.39 is 17.6 Å². The molecule has 3 aromatic carbocycles. The molecule has 1 saturated carbocycles. The van der Waals surface area contributed by atoms with E-state index in [0.29, 0.717) is 24.2 Å². The Morgan fingerprint density at radius 3 is 2.33 bits per heavy atom. The highest BCUT2D eigenvalue weighted by molar-refractivity contribution is 5.97. The van der Waals surface area contributed by atoms with Crippen molar-refractivity contribution in [1.29, 1.82) is 0 Å². The Kier molecular flexibility index (Phi) is 12.0. The van der Waals surface area contributed by atoms with E-state index in [1.807, 2.05) is 102 Å². The van der Waals surface area contributed by atoms with Crippen molar-refractivity contribution in [2.45, 2.75) is 91.7 Å². The van der Waals surface area contributed by atoms with Crippen LogP contribution in [0.3, 0.4) is 0 Å². The Morgan fingerprint density at radius 1 is 0.941 bits per heavy atom. The number of ketones is 1. The van der Waals surface area contributed by atoms with Crippen molar-refractivity contribution in [3.05, 3.63) is 83.7 Å². The summed E-state index contributed by atoms with van der Waals surface area (Å²) >= 11 is 0. The second-order valence-corrected chi connectivity index (χ2v) is 15.2. The Morgan fingerprint density at radius 2 is 1.67 bits per heavy atom. The van der Waals surface area contributed by atoms with Crippen LogP contribution >= 0.6 is 0 Å². The average Bonchev–Trinajstić information content (AvgIpc) is 3.55. The first-order chi connectivity index (χ1) is 24.2. The van der Waals surface area contributed by atoms with Gasteiger partial charge in [-0.2, -0.15) is 0 Å². The number of hydrogen-bond acceptors (Lipinski definition) is 6. The highest BCUT2D eigenvalue weighted by Gasteiger charge is 2.31. The first kappa shape index (κ1) is 37.3. The maximum atomic E-state index is 13.8. The van der Waals surface area contributed by atoms with E-state index in [1.54, 1.807) is 6.33 Å². The highest BCUT2D eigenvalue weighted by Crippen LogP contribution is 2.32. The molecule has 1 aliphatic rings. The van der Waals surface area contributed by atoms with Crippen LogP contribution in [-0.4, -0.2) is 51.8 Å². The quantitative estimate of drug-likeness (QED) is 0.119. The number of imidazole rings is 1. The van der Waals surface area contributed by atoms with Crippen LogP contribution in [0.15, 0.2) is 67.0 Å². The first-order valence-electron chi connectivity index (χ1n) is 18.0. The molecule has 10 heteroatoms. The molecule has 1 aromatic heterocycles. The van der Waals surface area contributed by atoms with Crippen LogP contribution in [0.1, 0.15) is 88.2 Å². The molecular formula is C41H51N5O5. The van der Waals surface area contributed by atoms with E-state index in [1.165, 1.54) is 0 Å². The van der Waals surface area contributed by atoms with Gasteiger partial charge in [0.05, 0.1) is 17.4 Å². The lowest BCUT2D eigenvalue weighted by Gasteiger charge is -2.29. The number of alkyl carbamates (subject to hydrolysis) is 1. The number of aryl methyl sites for hydroxylation is 1. The largest absolute Gasteiger partial charge is 0.444 e. The highest BCUT2D eigenvalue weighted by atomic mass is 16.6. The number of rotatable bonds is 12. The third-order valence-corrected chi connectivity index (χ3v) is 9.40. The zero-order valence-electron chi connectivity index (χ0n) is 30.6. The molecule has 1 heterocycles. The molecular weight excluding hydrogens is 642 g/mol. The van der Waals surface area contributed by atoms with Crippen LogP contribution in [0.2, 0.25) is 0 Å². The Labute approximate surface area is 300 Å². The summed E-state index contributed by atoms with van der Waals surface area (Å²) in [5.41, 5.74) is 6.32. The predicted octanol–water partition coefficient (Wildman–Crippen LogP) is 7.76. The molecule has 4 N–H and O–H groups in total. The van der Waals surface area contributed by atoms with Crippen LogP contribution < -0.4 is 16.0 Å². The lowest BCUT2D eigenvalue weighted by molar-refractivity contribution is -0.129. The van der Waals surface area contributed by atoms with Crippen molar-refractivity contribution >= 4 is 40.4 Å². The molecule has 270 valence electrons. The van der Waals surface area contributed by atoms with Crippen molar-refractivity contribution in [2.24, 2.45) is 17.8 Å². The number of carbonyl (C=O) groups is 4. The zero-order chi connectivity index (χ0) is 36.7. The van der Waals surface area contributed by atoms with Crippen molar-refractivity contribution in [2.75, 3.05) is 11.9 Å². The van der Waals surface area contributed by atoms with Gasteiger partial charge < -0.3 is 25.7 Å². The van der Waals surface area contributed by atoms with Gasteiger partial charge in [-0.1, -0.05) is 30.3 Å². The predicted molar refractivity (Wildman–Crippen MR) is 200 cm³/mol. The third-order valence-electron chi connectivity index (χ3n) is 9.40. The van der Waals surface area contributed by atoms with Crippen LogP contribution in [0.5, 0.6) is 0 Å². The summed E-state index contributed by atoms with van der Waals surface area (Å²) in [6, 6.07) is 19.4. The molecule has 4 aromatic rings. The molecule has 1 aliphatic carbocycles. The van der Waals surface area contributed by atoms with E-state index in [0.717, 1.165) is 59.0 Å². The van der Waals surface area contributed by atoms with Gasteiger partial charge >= 0.3 is 6.09 Å². The molecule has 0 spiro atoms. The summed E-state index contributed by atoms with van der Waals surface area (Å²) in [5, 5.41) is 8.85. The molecule has 0 unspecified atom stereocenters. The average molecular weight is 694 g/mol. The summed E-state index contributed by atoms with van der Waals surface area (Å²) in [7, 11) is 0. The lowest BCUT2D eigenvalue weighted by atomic mass is 9.77. The van der Waals surface area contributed by atoms with Crippen LogP contribution in [0, 0.1) is 24.7 Å². The van der Waals surface area contributed by atoms with E-state index in [9.17, 15) is 19.2 Å². The minimum atomic E-state index is -0.562. The second kappa shape index (κ2) is 16.4. The second-order valence-electron chi connectivity index (χ2n) is 15.2. The van der Waals surface area contributed by atoms with Gasteiger partial charge in [0.1, 0.15) is 11.4 Å². The lowest BCUT2D eigenvalue weighted by Crippen LogP contribution is -2.37. The van der Waals surface area contributed by atoms with Crippen LogP contribution in [-0.2, 0) is 20.7 Å². The maximum absolute atomic E-state index is 13.8. The number of aromatic amines is 1. The number of Topliss-reactive ketones (excluding diaryl/α,β-unsaturated/α-hetero) is 1. The number of H-pyrrole nitrogens is 1. The summed E-state index contributed by atoms with van der Waals surface area (Å²) in [5.74, 6) is -0.586. The molecule has 0 aliphatic heterocycles. The van der Waals surface area contributed by atoms with Crippen LogP contribution in [0.25, 0.3) is 22.2 Å². The van der Waals surface area contributed by atoms with Gasteiger partial charge in [-0.15, -0.1) is 0 Å². The summed E-state index contributed by atoms with van der Waals surface area (Å²) in [6.07, 6.45) is 4.87. The van der Waals surface area contributed by atoms with Gasteiger partial charge in [0.25, 0.3) is 5.91 Å². The molecule has 3 amide bonds. The minimum absolute atomic E-state index is 0.0565. The summed E-state index contributed by atoms with van der Waals surface area (Å²) in [4.78, 5) is 59.5. The molecule has 0 radical (unpaired) electrons. The van der Waals surface area contributed by atoms with Crippen LogP contribution in [0.4, 0.5) is 10.5 Å². The van der Waals surface area contributed by atoms with Gasteiger partial charge in [-0.25, -0.2) is 9.78 Å². The van der Waals surface area contributed by atoms with Gasteiger partial charge in [-0.3, -0.25) is 14.4 Å². The number of aromatic nitrogens is 2. The topological polar surface area (TPSA) is 142 Å². The third kappa shape index (κ3) is 10.5. The normalized spacial score (nSPS) is 16.8. The van der Waals surface area contributed by atoms with Gasteiger partial charge in [0, 0.05) is 42.1 Å². The number of ether oxygens (including phenoxy) is 1. The fraction of sp³-hybridized carbons (Fsp3) is 0.439. The molecule has 0 saturated heterocycles. The van der Waals surface area contributed by atoms with Gasteiger partial charge in [-0.05, 0) is 132 Å². The summed E-state index contributed by atoms with van der Waals surface area (Å²) in [6.45, 7) is 11.9. The Bertz CT molecular complexity index is 1850. The SMILES string of the molecule is Cc1cc(C(=O)NC(C)C)ccc1-c1ccc(C[C@H](CC(=O)C2CCC(CNC(=O)OC(C)(C)C)CC2)C(=O)Nc2ccc3nc[nH]c3c2)cc1. The Hall–Kier alpha value is -4.99. The molecule has 1 atom stereocenters. The van der Waals surface area contributed by atoms with E-state index >= 15 is 0 Å². The van der Waals surface area contributed by atoms with E-state index in [2.05, 4.69) is 25.9 Å². The van der Waals surface area contributed by atoms with Crippen molar-refractivity contribution in [1.82, 2.24) is 20.6 Å². The van der Waals surface area contributed by atoms with E-state index in [-0.39, 0.29) is 41.9 Å². The number of amides is 3. The smallest absolute Gasteiger partial charge is 0.407 e. The first-order valence-corrected chi connectivity index (χ1v) is 18.0. The molecule has 0 bridgehead atoms. The minimum Gasteiger partial charge on any atom is -0.444 e. The standard InChI is InChI=1S/C41H51N5O5/c1-25(2)45-38(48)31-15-17-34(26(3)19-31)29-11-7-27(8-12-29)20-32(39(49)46-33-16-18-35-36(22-33)44-24-43-35)21-37(47)30-13-9-28(10-14-30)23-42-40(50)51-41(4,5)6/h7-8,11-12,15-19,22,24-25,28,30,32H,9-10,13-14,20-21,23H2,1-6H3,(H,42,50)(H,43,44)(H,45,48)(H,46,49)/t28?,30?,32-/m1/s1. The fourth-order valence-electron chi connectivity index (χ4n) is 6.73. The number of fused-ring (bicyclic) bond motifs is 1. The van der Waals surface area contributed by atoms with Crippen molar-refractivity contribution in [3.63, 3.8) is 0 Å². The summed E-state index contributed by atoms with van der Waals surface area (Å²) < 4.78 is 5.36. The van der Waals surface area contributed by atoms with Crippen molar-refractivity contribution in [3.8, 4) is 11.1 Å². The Balaban J connectivity index is 1.25. The monoisotopic (exact) mass is 693 g/mol. The number of carbonyl (C=O) groups excluding carboxylic acids is 4. The van der Waals surface area contributed by atoms with Crippen molar-refractivity contribution < 1.29 is 23.9 Å². The maximum Gasteiger partial charge on any atom is 0.407 e. The molecule has 1 fully saturated rings. The number of benzene rings is 3. The van der Waals surface area contributed by atoms with Gasteiger partial charge in [0.2, 0.25) is 5.91 Å². The number of hydrogen-bond donors (Lipinski definition) is 4. The van der Waals surface area contributed by atoms with Gasteiger partial charge in [0.15, 0.2) is 0 Å². The zero-order valence-corrected chi connectivity index (χ0v) is 30.6. The van der Waals surface area contributed by atoms with E-state index in [4.69, 9.17) is 4.74 Å². The number of nitrogens with one attached hydrogen (secondary N) is 4. The number of anilines is 1. The molecule has 10 nitrogen and oxygen atoms in total. The fourth-order valence-corrected chi connectivity index (χ4v) is 6.73. The molecule has 51 heavy (non-hydrogen) atoms.